The highest BCUT2D eigenvalue weighted by Gasteiger charge is 2.15. The molecular formula is C18H22ClFN2O3S. The SMILES string of the molecule is COc1ccccc1Oc1ccc(NC(=O)[C@@H](N)CCSC)cc1F.Cl. The first kappa shape index (κ1) is 22.1. The number of hydrogen-bond acceptors (Lipinski definition) is 5. The molecule has 0 fully saturated rings. The molecule has 5 nitrogen and oxygen atoms in total. The third-order valence-corrected chi connectivity index (χ3v) is 4.10. The highest BCUT2D eigenvalue weighted by atomic mass is 35.5. The second-order valence-electron chi connectivity index (χ2n) is 5.28. The number of rotatable bonds is 8. The molecule has 0 aromatic heterocycles. The Hall–Kier alpha value is -1.96. The molecule has 0 saturated carbocycles. The zero-order chi connectivity index (χ0) is 18.2. The molecule has 0 spiro atoms. The van der Waals surface area contributed by atoms with Crippen LogP contribution >= 0.6 is 24.2 Å². The number of amides is 1. The van der Waals surface area contributed by atoms with Crippen LogP contribution in [0.15, 0.2) is 42.5 Å². The lowest BCUT2D eigenvalue weighted by atomic mass is 10.2. The number of nitrogens with one attached hydrogen (secondary N) is 1. The topological polar surface area (TPSA) is 73.6 Å². The second kappa shape index (κ2) is 10.9. The Morgan fingerprint density at radius 1 is 1.23 bits per heavy atom. The average molecular weight is 401 g/mol. The van der Waals surface area contributed by atoms with Gasteiger partial charge in [-0.15, -0.1) is 12.4 Å². The number of ether oxygens (including phenoxy) is 2. The summed E-state index contributed by atoms with van der Waals surface area (Å²) in [6.45, 7) is 0. The van der Waals surface area contributed by atoms with Crippen LogP contribution in [0, 0.1) is 5.82 Å². The summed E-state index contributed by atoms with van der Waals surface area (Å²) < 4.78 is 25.0. The van der Waals surface area contributed by atoms with Gasteiger partial charge in [-0.05, 0) is 42.7 Å². The predicted molar refractivity (Wildman–Crippen MR) is 106 cm³/mol. The summed E-state index contributed by atoms with van der Waals surface area (Å²) in [5.41, 5.74) is 6.12. The number of para-hydroxylation sites is 2. The standard InChI is InChI=1S/C18H21FN2O3S.ClH/c1-23-16-5-3-4-6-17(16)24-15-8-7-12(11-13(15)19)21-18(22)14(20)9-10-25-2;/h3-8,11,14H,9-10,20H2,1-2H3,(H,21,22);1H/t14-;/m0./s1. The summed E-state index contributed by atoms with van der Waals surface area (Å²) in [6.07, 6.45) is 2.50. The van der Waals surface area contributed by atoms with Gasteiger partial charge >= 0.3 is 0 Å². The lowest BCUT2D eigenvalue weighted by Gasteiger charge is -2.13. The minimum absolute atomic E-state index is 0. The predicted octanol–water partition coefficient (Wildman–Crippen LogP) is 4.07. The second-order valence-corrected chi connectivity index (χ2v) is 6.26. The molecular weight excluding hydrogens is 379 g/mol. The van der Waals surface area contributed by atoms with Crippen molar-refractivity contribution in [2.45, 2.75) is 12.5 Å². The number of anilines is 1. The minimum atomic E-state index is -0.625. The Kier molecular flexibility index (Phi) is 9.26. The van der Waals surface area contributed by atoms with Gasteiger partial charge in [-0.3, -0.25) is 4.79 Å². The zero-order valence-electron chi connectivity index (χ0n) is 14.5. The van der Waals surface area contributed by atoms with Crippen LogP contribution in [0.25, 0.3) is 0 Å². The molecule has 26 heavy (non-hydrogen) atoms. The van der Waals surface area contributed by atoms with Gasteiger partial charge in [-0.2, -0.15) is 11.8 Å². The summed E-state index contributed by atoms with van der Waals surface area (Å²) in [6, 6.07) is 10.5. The van der Waals surface area contributed by atoms with E-state index in [2.05, 4.69) is 5.32 Å². The van der Waals surface area contributed by atoms with E-state index >= 15 is 0 Å². The number of benzene rings is 2. The Morgan fingerprint density at radius 2 is 1.92 bits per heavy atom. The van der Waals surface area contributed by atoms with E-state index in [-0.39, 0.29) is 24.1 Å². The van der Waals surface area contributed by atoms with Crippen molar-refractivity contribution in [3.63, 3.8) is 0 Å². The molecule has 0 bridgehead atoms. The maximum atomic E-state index is 14.3. The van der Waals surface area contributed by atoms with Gasteiger partial charge in [0.15, 0.2) is 23.1 Å². The third kappa shape index (κ3) is 6.09. The van der Waals surface area contributed by atoms with E-state index in [4.69, 9.17) is 15.2 Å². The molecule has 0 saturated heterocycles. The smallest absolute Gasteiger partial charge is 0.241 e. The van der Waals surface area contributed by atoms with Gasteiger partial charge in [-0.25, -0.2) is 4.39 Å². The number of carbonyl (C=O) groups excluding carboxylic acids is 1. The first-order chi connectivity index (χ1) is 12.0. The summed E-state index contributed by atoms with van der Waals surface area (Å²) in [7, 11) is 1.51. The lowest BCUT2D eigenvalue weighted by Crippen LogP contribution is -2.36. The zero-order valence-corrected chi connectivity index (χ0v) is 16.2. The van der Waals surface area contributed by atoms with Crippen LogP contribution in [0.4, 0.5) is 10.1 Å². The van der Waals surface area contributed by atoms with Crippen molar-refractivity contribution in [3.05, 3.63) is 48.3 Å². The molecule has 2 aromatic carbocycles. The Balaban J connectivity index is 0.00000338. The van der Waals surface area contributed by atoms with Crippen molar-refractivity contribution < 1.29 is 18.7 Å². The molecule has 0 radical (unpaired) electrons. The third-order valence-electron chi connectivity index (χ3n) is 3.46. The molecule has 1 amide bonds. The van der Waals surface area contributed by atoms with E-state index in [1.165, 1.54) is 19.2 Å². The van der Waals surface area contributed by atoms with E-state index in [9.17, 15) is 9.18 Å². The van der Waals surface area contributed by atoms with E-state index in [1.807, 2.05) is 6.26 Å². The number of carbonyl (C=O) groups is 1. The maximum absolute atomic E-state index is 14.3. The van der Waals surface area contributed by atoms with Gasteiger partial charge in [0.1, 0.15) is 0 Å². The number of thioether (sulfide) groups is 1. The fraction of sp³-hybridized carbons (Fsp3) is 0.278. The van der Waals surface area contributed by atoms with Gasteiger partial charge in [-0.1, -0.05) is 12.1 Å². The van der Waals surface area contributed by atoms with E-state index in [1.54, 1.807) is 42.1 Å². The normalized spacial score (nSPS) is 11.2. The van der Waals surface area contributed by atoms with Gasteiger partial charge < -0.3 is 20.5 Å². The van der Waals surface area contributed by atoms with Crippen molar-refractivity contribution in [3.8, 4) is 17.2 Å². The van der Waals surface area contributed by atoms with Crippen LogP contribution in [0.3, 0.4) is 0 Å². The molecule has 2 aromatic rings. The van der Waals surface area contributed by atoms with Crippen molar-refractivity contribution >= 4 is 35.8 Å². The molecule has 2 rings (SSSR count). The fourth-order valence-corrected chi connectivity index (χ4v) is 2.58. The average Bonchev–Trinajstić information content (AvgIpc) is 2.62. The fourth-order valence-electron chi connectivity index (χ4n) is 2.09. The van der Waals surface area contributed by atoms with Crippen molar-refractivity contribution in [2.75, 3.05) is 24.4 Å². The van der Waals surface area contributed by atoms with E-state index < -0.39 is 11.9 Å². The highest BCUT2D eigenvalue weighted by molar-refractivity contribution is 7.98. The molecule has 0 aliphatic carbocycles. The van der Waals surface area contributed by atoms with Crippen LogP contribution in [0.2, 0.25) is 0 Å². The number of halogens is 2. The number of methoxy groups -OCH3 is 1. The highest BCUT2D eigenvalue weighted by Crippen LogP contribution is 2.33. The Bertz CT molecular complexity index is 733. The van der Waals surface area contributed by atoms with E-state index in [0.29, 0.717) is 23.6 Å². The lowest BCUT2D eigenvalue weighted by molar-refractivity contribution is -0.117. The monoisotopic (exact) mass is 400 g/mol. The van der Waals surface area contributed by atoms with Crippen molar-refractivity contribution in [1.82, 2.24) is 0 Å². The van der Waals surface area contributed by atoms with Crippen LogP contribution in [0.1, 0.15) is 6.42 Å². The molecule has 0 unspecified atom stereocenters. The van der Waals surface area contributed by atoms with Crippen LogP contribution < -0.4 is 20.5 Å². The van der Waals surface area contributed by atoms with Crippen LogP contribution in [-0.2, 0) is 4.79 Å². The summed E-state index contributed by atoms with van der Waals surface area (Å²) >= 11 is 1.62. The quantitative estimate of drug-likeness (QED) is 0.698. The van der Waals surface area contributed by atoms with Gasteiger partial charge in [0.25, 0.3) is 0 Å². The summed E-state index contributed by atoms with van der Waals surface area (Å²) in [5, 5.41) is 2.61. The molecule has 0 aliphatic heterocycles. The Labute approximate surface area is 162 Å². The summed E-state index contributed by atoms with van der Waals surface area (Å²) in [4.78, 5) is 12.0. The van der Waals surface area contributed by atoms with Gasteiger partial charge in [0, 0.05) is 11.8 Å². The van der Waals surface area contributed by atoms with E-state index in [0.717, 1.165) is 5.75 Å². The first-order valence-electron chi connectivity index (χ1n) is 7.71. The van der Waals surface area contributed by atoms with Gasteiger partial charge in [0.2, 0.25) is 5.91 Å². The molecule has 8 heteroatoms. The molecule has 142 valence electrons. The van der Waals surface area contributed by atoms with Crippen LogP contribution in [0.5, 0.6) is 17.2 Å². The number of nitrogens with two attached hydrogens (primary N) is 1. The molecule has 3 N–H and O–H groups in total. The number of hydrogen-bond donors (Lipinski definition) is 2. The summed E-state index contributed by atoms with van der Waals surface area (Å²) in [5.74, 6) is 0.787. The van der Waals surface area contributed by atoms with Crippen molar-refractivity contribution in [1.29, 1.82) is 0 Å². The maximum Gasteiger partial charge on any atom is 0.241 e. The van der Waals surface area contributed by atoms with Crippen LogP contribution in [-0.4, -0.2) is 31.1 Å². The molecule has 0 heterocycles. The largest absolute Gasteiger partial charge is 0.493 e. The van der Waals surface area contributed by atoms with Gasteiger partial charge in [0.05, 0.1) is 13.2 Å². The minimum Gasteiger partial charge on any atom is -0.493 e. The Morgan fingerprint density at radius 3 is 2.54 bits per heavy atom. The van der Waals surface area contributed by atoms with Crippen molar-refractivity contribution in [2.24, 2.45) is 5.73 Å². The molecule has 1 atom stereocenters. The molecule has 0 aliphatic rings. The first-order valence-corrected chi connectivity index (χ1v) is 9.10.